The molecule has 1 aromatic rings. The Bertz CT molecular complexity index is 504. The Morgan fingerprint density at radius 2 is 1.84 bits per heavy atom. The van der Waals surface area contributed by atoms with Crippen molar-refractivity contribution in [1.29, 1.82) is 0 Å². The molecule has 0 bridgehead atoms. The predicted octanol–water partition coefficient (Wildman–Crippen LogP) is 4.49. The monoisotopic (exact) mass is 261 g/mol. The van der Waals surface area contributed by atoms with Crippen LogP contribution in [0.4, 0.5) is 0 Å². The normalized spacial score (nSPS) is 18.5. The van der Waals surface area contributed by atoms with Crippen molar-refractivity contribution in [3.8, 4) is 0 Å². The first-order valence-corrected chi connectivity index (χ1v) is 7.49. The van der Waals surface area contributed by atoms with Gasteiger partial charge in [0.2, 0.25) is 0 Å². The van der Waals surface area contributed by atoms with Crippen LogP contribution in [0, 0.1) is 12.3 Å². The molecular formula is C17H27NO. The Morgan fingerprint density at radius 1 is 1.26 bits per heavy atom. The van der Waals surface area contributed by atoms with Crippen molar-refractivity contribution in [3.05, 3.63) is 23.0 Å². The Morgan fingerprint density at radius 3 is 2.37 bits per heavy atom. The summed E-state index contributed by atoms with van der Waals surface area (Å²) in [5.41, 5.74) is 3.71. The van der Waals surface area contributed by atoms with Crippen LogP contribution in [0.25, 0.3) is 0 Å². The molecule has 1 aliphatic carbocycles. The molecule has 0 aromatic carbocycles. The van der Waals surface area contributed by atoms with Crippen molar-refractivity contribution in [3.63, 3.8) is 0 Å². The second-order valence-electron chi connectivity index (χ2n) is 7.13. The zero-order valence-corrected chi connectivity index (χ0v) is 13.3. The van der Waals surface area contributed by atoms with E-state index in [-0.39, 0.29) is 11.0 Å². The topological polar surface area (TPSA) is 22.0 Å². The molecule has 106 valence electrons. The van der Waals surface area contributed by atoms with Crippen molar-refractivity contribution < 1.29 is 4.79 Å². The van der Waals surface area contributed by atoms with Gasteiger partial charge >= 0.3 is 0 Å². The molecule has 1 aromatic heterocycles. The van der Waals surface area contributed by atoms with Crippen molar-refractivity contribution in [2.45, 2.75) is 72.8 Å². The largest absolute Gasteiger partial charge is 0.342 e. The Hall–Kier alpha value is -1.05. The summed E-state index contributed by atoms with van der Waals surface area (Å²) in [4.78, 5) is 12.4. The van der Waals surface area contributed by atoms with E-state index >= 15 is 0 Å². The summed E-state index contributed by atoms with van der Waals surface area (Å²) in [6.45, 7) is 13.3. The van der Waals surface area contributed by atoms with Crippen molar-refractivity contribution in [1.82, 2.24) is 4.57 Å². The second-order valence-corrected chi connectivity index (χ2v) is 7.13. The summed E-state index contributed by atoms with van der Waals surface area (Å²) >= 11 is 0. The number of fused-ring (bicyclic) bond motifs is 1. The van der Waals surface area contributed by atoms with E-state index < -0.39 is 0 Å². The highest BCUT2D eigenvalue weighted by Gasteiger charge is 2.37. The number of aromatic nitrogens is 1. The van der Waals surface area contributed by atoms with E-state index in [1.165, 1.54) is 11.4 Å². The summed E-state index contributed by atoms with van der Waals surface area (Å²) in [5, 5.41) is 0. The van der Waals surface area contributed by atoms with Gasteiger partial charge in [0.15, 0.2) is 5.78 Å². The highest BCUT2D eigenvalue weighted by Crippen LogP contribution is 2.40. The van der Waals surface area contributed by atoms with Gasteiger partial charge in [-0.15, -0.1) is 0 Å². The highest BCUT2D eigenvalue weighted by molar-refractivity contribution is 5.99. The molecule has 0 spiro atoms. The third-order valence-electron chi connectivity index (χ3n) is 4.94. The summed E-state index contributed by atoms with van der Waals surface area (Å²) in [5.74, 6) is 0.322. The first kappa shape index (κ1) is 14.4. The van der Waals surface area contributed by atoms with Crippen LogP contribution in [0.5, 0.6) is 0 Å². The van der Waals surface area contributed by atoms with Crippen molar-refractivity contribution in [2.24, 2.45) is 5.41 Å². The van der Waals surface area contributed by atoms with Gasteiger partial charge in [-0.25, -0.2) is 0 Å². The first-order valence-electron chi connectivity index (χ1n) is 7.49. The maximum absolute atomic E-state index is 12.4. The third-order valence-corrected chi connectivity index (χ3v) is 4.94. The minimum absolute atomic E-state index is 0.0923. The lowest BCUT2D eigenvalue weighted by molar-refractivity contribution is 0.0907. The van der Waals surface area contributed by atoms with Crippen LogP contribution in [-0.4, -0.2) is 10.4 Å². The van der Waals surface area contributed by atoms with Crippen LogP contribution in [-0.2, 0) is 12.0 Å². The van der Waals surface area contributed by atoms with E-state index in [1.807, 2.05) is 0 Å². The Kier molecular flexibility index (Phi) is 3.40. The van der Waals surface area contributed by atoms with Gasteiger partial charge in [-0.2, -0.15) is 0 Å². The van der Waals surface area contributed by atoms with E-state index in [0.29, 0.717) is 12.2 Å². The number of aryl methyl sites for hydroxylation is 1. The lowest BCUT2D eigenvalue weighted by Gasteiger charge is -2.37. The number of ketones is 1. The average Bonchev–Trinajstić information content (AvgIpc) is 2.64. The van der Waals surface area contributed by atoms with E-state index in [1.54, 1.807) is 0 Å². The number of hydrogen-bond acceptors (Lipinski definition) is 1. The van der Waals surface area contributed by atoms with Gasteiger partial charge in [-0.1, -0.05) is 27.7 Å². The number of carbonyl (C=O) groups is 1. The molecule has 0 N–H and O–H groups in total. The van der Waals surface area contributed by atoms with E-state index in [9.17, 15) is 4.79 Å². The van der Waals surface area contributed by atoms with Crippen LogP contribution >= 0.6 is 0 Å². The molecular weight excluding hydrogens is 234 g/mol. The van der Waals surface area contributed by atoms with Crippen LogP contribution in [0.15, 0.2) is 6.07 Å². The Balaban J connectivity index is 2.63. The summed E-state index contributed by atoms with van der Waals surface area (Å²) in [6, 6.07) is 2.11. The van der Waals surface area contributed by atoms with Crippen molar-refractivity contribution >= 4 is 5.78 Å². The van der Waals surface area contributed by atoms with E-state index in [4.69, 9.17) is 0 Å². The molecule has 0 unspecified atom stereocenters. The molecule has 0 saturated carbocycles. The molecule has 0 fully saturated rings. The fourth-order valence-corrected chi connectivity index (χ4v) is 3.47. The molecule has 2 nitrogen and oxygen atoms in total. The standard InChI is InChI=1S/C17H27NO/c1-7-17(6,8-2)18-12(3)9-13-14(18)10-16(4,5)11-15(13)19/h9H,7-8,10-11H2,1-6H3. The van der Waals surface area contributed by atoms with E-state index in [2.05, 4.69) is 52.2 Å². The van der Waals surface area contributed by atoms with Crippen LogP contribution in [0.3, 0.4) is 0 Å². The molecule has 0 radical (unpaired) electrons. The number of hydrogen-bond donors (Lipinski definition) is 0. The van der Waals surface area contributed by atoms with Crippen LogP contribution in [0.1, 0.15) is 75.6 Å². The fraction of sp³-hybridized carbons (Fsp3) is 0.706. The van der Waals surface area contributed by atoms with Crippen molar-refractivity contribution in [2.75, 3.05) is 0 Å². The third kappa shape index (κ3) is 2.26. The predicted molar refractivity (Wildman–Crippen MR) is 79.8 cm³/mol. The molecule has 0 atom stereocenters. The van der Waals surface area contributed by atoms with Gasteiger partial charge in [-0.05, 0) is 44.6 Å². The lowest BCUT2D eigenvalue weighted by Crippen LogP contribution is -2.35. The molecule has 1 heterocycles. The SMILES string of the molecule is CCC(C)(CC)n1c(C)cc2c1CC(C)(C)CC2=O. The highest BCUT2D eigenvalue weighted by atomic mass is 16.1. The fourth-order valence-electron chi connectivity index (χ4n) is 3.47. The maximum atomic E-state index is 12.4. The second kappa shape index (κ2) is 4.50. The smallest absolute Gasteiger partial charge is 0.165 e. The van der Waals surface area contributed by atoms with Gasteiger partial charge in [0, 0.05) is 28.9 Å². The summed E-state index contributed by atoms with van der Waals surface area (Å²) < 4.78 is 2.45. The first-order chi connectivity index (χ1) is 8.74. The van der Waals surface area contributed by atoms with Gasteiger partial charge < -0.3 is 4.57 Å². The lowest BCUT2D eigenvalue weighted by atomic mass is 9.76. The van der Waals surface area contributed by atoms with Gasteiger partial charge in [-0.3, -0.25) is 4.79 Å². The minimum Gasteiger partial charge on any atom is -0.342 e. The number of Topliss-reactive ketones (excluding diaryl/α,β-unsaturated/α-hetero) is 1. The maximum Gasteiger partial charge on any atom is 0.165 e. The molecule has 19 heavy (non-hydrogen) atoms. The zero-order valence-electron chi connectivity index (χ0n) is 13.3. The van der Waals surface area contributed by atoms with E-state index in [0.717, 1.165) is 24.8 Å². The minimum atomic E-state index is 0.0923. The molecule has 0 saturated heterocycles. The molecule has 1 aliphatic rings. The average molecular weight is 261 g/mol. The number of carbonyl (C=O) groups excluding carboxylic acids is 1. The summed E-state index contributed by atoms with van der Waals surface area (Å²) in [6.07, 6.45) is 3.88. The molecule has 2 heteroatoms. The number of nitrogens with zero attached hydrogens (tertiary/aromatic N) is 1. The van der Waals surface area contributed by atoms with Gasteiger partial charge in [0.05, 0.1) is 0 Å². The molecule has 0 amide bonds. The summed E-state index contributed by atoms with van der Waals surface area (Å²) in [7, 11) is 0. The molecule has 2 rings (SSSR count). The number of rotatable bonds is 3. The van der Waals surface area contributed by atoms with Crippen LogP contribution < -0.4 is 0 Å². The van der Waals surface area contributed by atoms with Gasteiger partial charge in [0.1, 0.15) is 0 Å². The molecule has 0 aliphatic heterocycles. The van der Waals surface area contributed by atoms with Gasteiger partial charge in [0.25, 0.3) is 0 Å². The zero-order chi connectivity index (χ0) is 14.4. The Labute approximate surface area is 117 Å². The quantitative estimate of drug-likeness (QED) is 0.786. The van der Waals surface area contributed by atoms with Crippen LogP contribution in [0.2, 0.25) is 0 Å².